The summed E-state index contributed by atoms with van der Waals surface area (Å²) in [5.41, 5.74) is 5.35. The predicted octanol–water partition coefficient (Wildman–Crippen LogP) is 5.87. The zero-order valence-corrected chi connectivity index (χ0v) is 34.0. The van der Waals surface area contributed by atoms with Crippen molar-refractivity contribution in [2.45, 2.75) is 69.5 Å². The number of carboxylic acid groups (broad SMARTS) is 1. The third-order valence-electron chi connectivity index (χ3n) is 10.7. The van der Waals surface area contributed by atoms with Crippen molar-refractivity contribution in [1.29, 1.82) is 0 Å². The number of aliphatic carboxylic acids is 1. The van der Waals surface area contributed by atoms with Gasteiger partial charge in [0, 0.05) is 31.4 Å². The maximum atomic E-state index is 14.5. The maximum Gasteiger partial charge on any atom is 0.307 e. The topological polar surface area (TPSA) is 180 Å². The van der Waals surface area contributed by atoms with Crippen molar-refractivity contribution in [2.75, 3.05) is 12.4 Å². The molecule has 0 aromatic heterocycles. The number of ketones is 1. The summed E-state index contributed by atoms with van der Waals surface area (Å²) >= 11 is 0. The average molecular weight is 823 g/mol. The van der Waals surface area contributed by atoms with Gasteiger partial charge in [-0.1, -0.05) is 109 Å². The number of benzene rings is 5. The quantitative estimate of drug-likeness (QED) is 0.109. The molecule has 314 valence electrons. The molecule has 61 heavy (non-hydrogen) atoms. The molecular formula is C49H50N4O8. The van der Waals surface area contributed by atoms with Crippen LogP contribution in [-0.4, -0.2) is 65.7 Å². The number of fused-ring (bicyclic) bond motifs is 18. The Balaban J connectivity index is 1.33. The zero-order valence-electron chi connectivity index (χ0n) is 34.0. The molecular weight excluding hydrogens is 773 g/mol. The van der Waals surface area contributed by atoms with E-state index < -0.39 is 59.4 Å². The molecule has 7 rings (SSSR count). The van der Waals surface area contributed by atoms with E-state index in [-0.39, 0.29) is 44.9 Å². The summed E-state index contributed by atoms with van der Waals surface area (Å²) in [7, 11) is 1.60. The fourth-order valence-corrected chi connectivity index (χ4v) is 7.28. The van der Waals surface area contributed by atoms with Crippen LogP contribution in [0.3, 0.4) is 0 Å². The molecule has 5 N–H and O–H groups in total. The first-order valence-corrected chi connectivity index (χ1v) is 20.4. The number of carboxylic acids is 1. The normalized spacial score (nSPS) is 19.4. The number of carbonyl (C=O) groups is 6. The van der Waals surface area contributed by atoms with Crippen LogP contribution >= 0.6 is 0 Å². The lowest BCUT2D eigenvalue weighted by Crippen LogP contribution is -2.57. The molecule has 4 atom stereocenters. The van der Waals surface area contributed by atoms with Gasteiger partial charge >= 0.3 is 5.97 Å². The number of aryl methyl sites for hydroxylation is 1. The number of methoxy groups -OCH3 is 1. The first-order chi connectivity index (χ1) is 29.5. The van der Waals surface area contributed by atoms with Gasteiger partial charge in [0.15, 0.2) is 5.78 Å². The lowest BCUT2D eigenvalue weighted by Gasteiger charge is -2.26. The Labute approximate surface area is 355 Å². The van der Waals surface area contributed by atoms with Crippen molar-refractivity contribution in [1.82, 2.24) is 16.0 Å². The van der Waals surface area contributed by atoms with Crippen molar-refractivity contribution >= 4 is 41.1 Å². The number of nitrogens with one attached hydrogen (secondary N) is 4. The van der Waals surface area contributed by atoms with Crippen LogP contribution in [-0.2, 0) is 54.5 Å². The van der Waals surface area contributed by atoms with Crippen LogP contribution in [0.15, 0.2) is 133 Å². The highest BCUT2D eigenvalue weighted by Crippen LogP contribution is 2.24. The summed E-state index contributed by atoms with van der Waals surface area (Å²) in [6.45, 7) is 0. The Morgan fingerprint density at radius 2 is 1.13 bits per heavy atom. The second-order valence-electron chi connectivity index (χ2n) is 15.2. The molecule has 0 radical (unpaired) electrons. The third kappa shape index (κ3) is 13.0. The monoisotopic (exact) mass is 822 g/mol. The molecule has 12 nitrogen and oxygen atoms in total. The second kappa shape index (κ2) is 21.3. The molecule has 0 fully saturated rings. The summed E-state index contributed by atoms with van der Waals surface area (Å²) in [6.07, 6.45) is 0.0186. The van der Waals surface area contributed by atoms with Crippen LogP contribution in [0.25, 0.3) is 11.1 Å². The lowest BCUT2D eigenvalue weighted by molar-refractivity contribution is -0.144. The van der Waals surface area contributed by atoms with Crippen LogP contribution in [0.1, 0.15) is 47.9 Å². The highest BCUT2D eigenvalue weighted by atomic mass is 16.5. The van der Waals surface area contributed by atoms with E-state index in [0.29, 0.717) is 23.2 Å². The predicted molar refractivity (Wildman–Crippen MR) is 232 cm³/mol. The molecule has 0 saturated heterocycles. The highest BCUT2D eigenvalue weighted by Gasteiger charge is 2.32. The third-order valence-corrected chi connectivity index (χ3v) is 10.7. The summed E-state index contributed by atoms with van der Waals surface area (Å²) < 4.78 is 5.29. The smallest absolute Gasteiger partial charge is 0.307 e. The molecule has 2 bridgehead atoms. The minimum absolute atomic E-state index is 0.0248. The Bertz CT molecular complexity index is 2280. The van der Waals surface area contributed by atoms with Crippen molar-refractivity contribution < 1.29 is 38.6 Å². The number of ether oxygens (including phenoxy) is 1. The molecule has 4 amide bonds. The van der Waals surface area contributed by atoms with E-state index in [1.807, 2.05) is 109 Å². The summed E-state index contributed by atoms with van der Waals surface area (Å²) in [5.74, 6) is -4.26. The minimum Gasteiger partial charge on any atom is -0.497 e. The van der Waals surface area contributed by atoms with Crippen molar-refractivity contribution in [3.05, 3.63) is 156 Å². The number of Topliss-reactive ketones (excluding diaryl/α,β-unsaturated/α-hetero) is 1. The van der Waals surface area contributed by atoms with E-state index in [1.54, 1.807) is 31.4 Å². The average Bonchev–Trinajstić information content (AvgIpc) is 3.27. The number of rotatable bonds is 10. The SMILES string of the molecule is COc1ccc(-c2ccc(C[C@@H]3NC(=O)[C@@H](CCc4ccccc4)NC(=O)CCC(=O)Nc4ccc(cc4)C[C@@H](C(=O)O)CC(=O)[C@@H](Cc4ccccc4)NC3=O)cc2)cc1. The standard InChI is InChI=1S/C49H50N4O8/c1-61-40-23-19-37(20-24-40)36-17-12-35(13-18-36)30-43-48(58)52-42(29-33-10-6-3-7-11-33)44(54)31-38(49(59)60)28-34-14-21-39(22-15-34)50-45(55)26-27-46(56)51-41(47(57)53-43)25-16-32-8-4-2-5-9-32/h2-15,17-24,38,41-43H,16,25-31H2,1H3,(H,50,55)(H,51,56)(H,52,58)(H,53,57)(H,59,60)/t38-,41-,42-,43+/m1/s1. The Hall–Kier alpha value is -7.08. The Morgan fingerprint density at radius 1 is 0.590 bits per heavy atom. The van der Waals surface area contributed by atoms with Crippen LogP contribution in [0, 0.1) is 5.92 Å². The maximum absolute atomic E-state index is 14.5. The van der Waals surface area contributed by atoms with Crippen LogP contribution < -0.4 is 26.0 Å². The lowest BCUT2D eigenvalue weighted by atomic mass is 9.90. The van der Waals surface area contributed by atoms with Gasteiger partial charge in [0.25, 0.3) is 0 Å². The second-order valence-corrected chi connectivity index (χ2v) is 15.2. The van der Waals surface area contributed by atoms with Crippen LogP contribution in [0.2, 0.25) is 0 Å². The van der Waals surface area contributed by atoms with Gasteiger partial charge in [-0.15, -0.1) is 0 Å². The van der Waals surface area contributed by atoms with Crippen molar-refractivity contribution in [2.24, 2.45) is 5.92 Å². The van der Waals surface area contributed by atoms with Gasteiger partial charge in [-0.25, -0.2) is 0 Å². The molecule has 5 aromatic rings. The number of carbonyl (C=O) groups excluding carboxylic acids is 5. The van der Waals surface area contributed by atoms with E-state index in [0.717, 1.165) is 28.0 Å². The zero-order chi connectivity index (χ0) is 43.1. The van der Waals surface area contributed by atoms with Crippen molar-refractivity contribution in [3.8, 4) is 16.9 Å². The van der Waals surface area contributed by atoms with Gasteiger partial charge in [-0.05, 0) is 83.3 Å². The van der Waals surface area contributed by atoms with Crippen LogP contribution in [0.5, 0.6) is 5.75 Å². The highest BCUT2D eigenvalue weighted by molar-refractivity contribution is 5.97. The van der Waals surface area contributed by atoms with Gasteiger partial charge in [-0.2, -0.15) is 0 Å². The van der Waals surface area contributed by atoms with E-state index in [1.165, 1.54) is 0 Å². The van der Waals surface area contributed by atoms with E-state index >= 15 is 0 Å². The minimum atomic E-state index is -1.21. The number of hydrogen-bond donors (Lipinski definition) is 5. The molecule has 2 aliphatic rings. The van der Waals surface area contributed by atoms with E-state index in [4.69, 9.17) is 4.74 Å². The van der Waals surface area contributed by atoms with Gasteiger partial charge in [-0.3, -0.25) is 28.8 Å². The van der Waals surface area contributed by atoms with Gasteiger partial charge in [0.2, 0.25) is 23.6 Å². The fourth-order valence-electron chi connectivity index (χ4n) is 7.28. The first kappa shape index (κ1) is 43.5. The number of hydrogen-bond acceptors (Lipinski definition) is 7. The van der Waals surface area contributed by atoms with Gasteiger partial charge < -0.3 is 31.1 Å². The molecule has 5 aromatic carbocycles. The van der Waals surface area contributed by atoms with Gasteiger partial charge in [0.1, 0.15) is 17.8 Å². The van der Waals surface area contributed by atoms with E-state index in [9.17, 15) is 33.9 Å². The van der Waals surface area contributed by atoms with Gasteiger partial charge in [0.05, 0.1) is 19.1 Å². The molecule has 2 aliphatic heterocycles. The van der Waals surface area contributed by atoms with Crippen molar-refractivity contribution in [3.63, 3.8) is 0 Å². The summed E-state index contributed by atoms with van der Waals surface area (Å²) in [4.78, 5) is 81.8. The summed E-state index contributed by atoms with van der Waals surface area (Å²) in [6, 6.07) is 36.8. The molecule has 2 heterocycles. The molecule has 0 unspecified atom stereocenters. The largest absolute Gasteiger partial charge is 0.497 e. The Morgan fingerprint density at radius 3 is 1.75 bits per heavy atom. The fraction of sp³-hybridized carbons (Fsp3) is 0.265. The Kier molecular flexibility index (Phi) is 15.2. The summed E-state index contributed by atoms with van der Waals surface area (Å²) in [5, 5.41) is 21.6. The first-order valence-electron chi connectivity index (χ1n) is 20.4. The molecule has 12 heteroatoms. The number of amides is 4. The number of anilines is 1. The molecule has 0 saturated carbocycles. The van der Waals surface area contributed by atoms with E-state index in [2.05, 4.69) is 21.3 Å². The molecule has 0 aliphatic carbocycles. The molecule has 0 spiro atoms. The van der Waals surface area contributed by atoms with Crippen LogP contribution in [0.4, 0.5) is 5.69 Å².